The minimum atomic E-state index is -4.54. The van der Waals surface area contributed by atoms with E-state index in [1.165, 1.54) is 6.08 Å². The number of hydrogen-bond donors (Lipinski definition) is 1. The zero-order valence-electron chi connectivity index (χ0n) is 26.7. The quantitative estimate of drug-likeness (QED) is 0.0796. The maximum atomic E-state index is 13.7. The van der Waals surface area contributed by atoms with Crippen molar-refractivity contribution in [2.75, 3.05) is 6.61 Å². The molecule has 2 heterocycles. The summed E-state index contributed by atoms with van der Waals surface area (Å²) in [4.78, 5) is 15.4. The van der Waals surface area contributed by atoms with Crippen molar-refractivity contribution in [3.05, 3.63) is 115 Å². The Morgan fingerprint density at radius 1 is 1.04 bits per heavy atom. The molecule has 0 aliphatic carbocycles. The fourth-order valence-electron chi connectivity index (χ4n) is 5.79. The SMILES string of the molecule is CCOC(=O)/C=C/c1ccc(/C(=C(/CC)B2OC(C)(C)C(C)(Cc3cc(C(F)(F)F)cc(Cl)c3I)O2)c2cc3ccccc3[nH]2)cc1. The van der Waals surface area contributed by atoms with Crippen molar-refractivity contribution in [2.45, 2.75) is 64.8 Å². The van der Waals surface area contributed by atoms with E-state index in [4.69, 9.17) is 25.6 Å². The van der Waals surface area contributed by atoms with Crippen LogP contribution in [0.5, 0.6) is 0 Å². The molecule has 0 spiro atoms. The number of alkyl halides is 3. The first-order valence-electron chi connectivity index (χ1n) is 15.3. The molecule has 1 atom stereocenters. The minimum Gasteiger partial charge on any atom is -0.463 e. The van der Waals surface area contributed by atoms with Crippen molar-refractivity contribution in [1.82, 2.24) is 4.98 Å². The molecule has 0 amide bonds. The van der Waals surface area contributed by atoms with Gasteiger partial charge >= 0.3 is 19.3 Å². The van der Waals surface area contributed by atoms with Gasteiger partial charge in [0, 0.05) is 38.2 Å². The third-order valence-electron chi connectivity index (χ3n) is 8.68. The number of aromatic nitrogens is 1. The van der Waals surface area contributed by atoms with E-state index in [0.717, 1.165) is 50.9 Å². The lowest BCUT2D eigenvalue weighted by molar-refractivity contribution is -0.138. The molecular formula is C36H35BClF3INO4. The first kappa shape index (κ1) is 35.3. The number of hydrogen-bond acceptors (Lipinski definition) is 4. The molecule has 1 saturated heterocycles. The molecule has 1 fully saturated rings. The molecule has 1 aromatic heterocycles. The molecule has 1 N–H and O–H groups in total. The average Bonchev–Trinajstić information content (AvgIpc) is 3.54. The third kappa shape index (κ3) is 7.50. The summed E-state index contributed by atoms with van der Waals surface area (Å²) in [5.74, 6) is -0.410. The number of para-hydroxylation sites is 1. The van der Waals surface area contributed by atoms with E-state index < -0.39 is 36.0 Å². The number of esters is 1. The summed E-state index contributed by atoms with van der Waals surface area (Å²) in [6.45, 7) is 9.75. The van der Waals surface area contributed by atoms with E-state index >= 15 is 0 Å². The number of nitrogens with one attached hydrogen (secondary N) is 1. The lowest BCUT2D eigenvalue weighted by Gasteiger charge is -2.37. The van der Waals surface area contributed by atoms with E-state index in [1.807, 2.05) is 98.8 Å². The highest BCUT2D eigenvalue weighted by Crippen LogP contribution is 2.45. The van der Waals surface area contributed by atoms with Gasteiger partial charge in [-0.15, -0.1) is 0 Å². The summed E-state index contributed by atoms with van der Waals surface area (Å²) in [6.07, 6.45) is -0.719. The molecule has 11 heteroatoms. The molecule has 1 aliphatic heterocycles. The van der Waals surface area contributed by atoms with Crippen LogP contribution in [-0.4, -0.2) is 35.9 Å². The summed E-state index contributed by atoms with van der Waals surface area (Å²) in [5.41, 5.74) is 3.10. The van der Waals surface area contributed by atoms with Crippen molar-refractivity contribution in [2.24, 2.45) is 0 Å². The first-order chi connectivity index (χ1) is 22.2. The van der Waals surface area contributed by atoms with Crippen LogP contribution in [0.4, 0.5) is 13.2 Å². The fourth-order valence-corrected chi connectivity index (χ4v) is 6.53. The Labute approximate surface area is 291 Å². The number of carbonyl (C=O) groups is 1. The summed E-state index contributed by atoms with van der Waals surface area (Å²) in [5, 5.41) is 1.09. The summed E-state index contributed by atoms with van der Waals surface area (Å²) in [6, 6.07) is 20.0. The molecule has 0 saturated carbocycles. The van der Waals surface area contributed by atoms with E-state index in [-0.39, 0.29) is 11.4 Å². The molecule has 1 aliphatic rings. The standard InChI is InChI=1S/C36H35BClF3INO4/c1-6-27(37-46-34(3,4)35(5,47-37)21-25-18-26(36(39,40)41)20-28(38)33(25)42)32(30-19-24-10-8-9-11-29(24)43-30)23-15-12-22(13-16-23)14-17-31(44)45-7-2/h8-20,43H,6-7,21H2,1-5H3/b17-14+,32-27+. The number of halogens is 5. The second kappa shape index (κ2) is 13.8. The number of carbonyl (C=O) groups excluding carboxylic acids is 1. The van der Waals surface area contributed by atoms with Crippen molar-refractivity contribution < 1.29 is 32.0 Å². The van der Waals surface area contributed by atoms with E-state index in [9.17, 15) is 18.0 Å². The molecule has 5 rings (SSSR count). The van der Waals surface area contributed by atoms with Crippen molar-refractivity contribution in [3.8, 4) is 0 Å². The highest BCUT2D eigenvalue weighted by atomic mass is 127. The van der Waals surface area contributed by atoms with E-state index in [2.05, 4.69) is 11.1 Å². The number of aromatic amines is 1. The monoisotopic (exact) mass is 775 g/mol. The first-order valence-corrected chi connectivity index (χ1v) is 16.8. The van der Waals surface area contributed by atoms with Gasteiger partial charge in [0.05, 0.1) is 28.4 Å². The van der Waals surface area contributed by atoms with Gasteiger partial charge in [0.25, 0.3) is 0 Å². The Hall–Kier alpha value is -3.06. The van der Waals surface area contributed by atoms with Crippen LogP contribution in [0.3, 0.4) is 0 Å². The van der Waals surface area contributed by atoms with Gasteiger partial charge in [-0.2, -0.15) is 13.2 Å². The number of ether oxygens (including phenoxy) is 1. The Morgan fingerprint density at radius 2 is 1.74 bits per heavy atom. The molecule has 1 unspecified atom stereocenters. The molecule has 5 nitrogen and oxygen atoms in total. The van der Waals surface area contributed by atoms with Gasteiger partial charge < -0.3 is 19.0 Å². The second-order valence-corrected chi connectivity index (χ2v) is 13.6. The van der Waals surface area contributed by atoms with Gasteiger partial charge in [-0.25, -0.2) is 4.79 Å². The number of allylic oxidation sites excluding steroid dienone is 1. The Balaban J connectivity index is 1.58. The van der Waals surface area contributed by atoms with Crippen LogP contribution in [0.15, 0.2) is 78.3 Å². The van der Waals surface area contributed by atoms with Gasteiger partial charge in [0.15, 0.2) is 0 Å². The van der Waals surface area contributed by atoms with Crippen molar-refractivity contribution in [1.29, 1.82) is 0 Å². The van der Waals surface area contributed by atoms with Crippen LogP contribution in [0.2, 0.25) is 5.02 Å². The Bertz CT molecular complexity index is 1820. The zero-order chi connectivity index (χ0) is 34.1. The second-order valence-electron chi connectivity index (χ2n) is 12.1. The highest BCUT2D eigenvalue weighted by molar-refractivity contribution is 14.1. The minimum absolute atomic E-state index is 0.0445. The largest absolute Gasteiger partial charge is 0.491 e. The summed E-state index contributed by atoms with van der Waals surface area (Å²) < 4.78 is 60.1. The van der Waals surface area contributed by atoms with Gasteiger partial charge in [-0.05, 0) is 109 Å². The smallest absolute Gasteiger partial charge is 0.463 e. The van der Waals surface area contributed by atoms with Crippen LogP contribution in [0.25, 0.3) is 22.6 Å². The predicted molar refractivity (Wildman–Crippen MR) is 190 cm³/mol. The topological polar surface area (TPSA) is 60.6 Å². The molecule has 4 aromatic rings. The maximum Gasteiger partial charge on any atom is 0.491 e. The summed E-state index contributed by atoms with van der Waals surface area (Å²) in [7, 11) is -0.788. The molecular weight excluding hydrogens is 741 g/mol. The Morgan fingerprint density at radius 3 is 2.38 bits per heavy atom. The molecule has 47 heavy (non-hydrogen) atoms. The summed E-state index contributed by atoms with van der Waals surface area (Å²) >= 11 is 8.27. The fraction of sp³-hybridized carbons (Fsp3) is 0.306. The predicted octanol–water partition coefficient (Wildman–Crippen LogP) is 10.1. The molecule has 0 bridgehead atoms. The average molecular weight is 776 g/mol. The van der Waals surface area contributed by atoms with E-state index in [0.29, 0.717) is 22.2 Å². The Kier molecular flexibility index (Phi) is 10.4. The van der Waals surface area contributed by atoms with Gasteiger partial charge in [-0.3, -0.25) is 0 Å². The van der Waals surface area contributed by atoms with Gasteiger partial charge in [-0.1, -0.05) is 61.0 Å². The van der Waals surface area contributed by atoms with Crippen LogP contribution in [0.1, 0.15) is 69.0 Å². The van der Waals surface area contributed by atoms with Crippen LogP contribution in [-0.2, 0) is 31.4 Å². The van der Waals surface area contributed by atoms with Crippen LogP contribution in [0, 0.1) is 3.57 Å². The molecule has 246 valence electrons. The highest BCUT2D eigenvalue weighted by Gasteiger charge is 2.55. The lowest BCUT2D eigenvalue weighted by Crippen LogP contribution is -2.46. The maximum absolute atomic E-state index is 13.7. The zero-order valence-corrected chi connectivity index (χ0v) is 29.6. The number of rotatable bonds is 9. The molecule has 3 aromatic carbocycles. The van der Waals surface area contributed by atoms with Crippen molar-refractivity contribution >= 4 is 69.8 Å². The van der Waals surface area contributed by atoms with Gasteiger partial charge in [0.2, 0.25) is 0 Å². The van der Waals surface area contributed by atoms with Crippen LogP contribution < -0.4 is 0 Å². The molecule has 0 radical (unpaired) electrons. The van der Waals surface area contributed by atoms with Crippen LogP contribution >= 0.6 is 34.2 Å². The number of benzene rings is 3. The lowest BCUT2D eigenvalue weighted by atomic mass is 9.71. The normalized spacial score (nSPS) is 18.6. The number of H-pyrrole nitrogens is 1. The van der Waals surface area contributed by atoms with Crippen molar-refractivity contribution in [3.63, 3.8) is 0 Å². The van der Waals surface area contributed by atoms with E-state index in [1.54, 1.807) is 13.0 Å². The third-order valence-corrected chi connectivity index (χ3v) is 10.6. The van der Waals surface area contributed by atoms with Gasteiger partial charge in [0.1, 0.15) is 0 Å². The number of fused-ring (bicyclic) bond motifs is 1.